The van der Waals surface area contributed by atoms with E-state index in [2.05, 4.69) is 74.7 Å². The van der Waals surface area contributed by atoms with Crippen molar-refractivity contribution in [1.82, 2.24) is 5.32 Å². The SMILES string of the molecule is CCCC/C=C\CCCCCCCC(=O)NC(COP(=O)([O-])OCC[N+](C)(C)C)C(/C=C\CCCCCCCCCCC)OC(=O)CCCCCCCCCC/C=C\C/C=C\C/C=C\CCCCC. The lowest BCUT2D eigenvalue weighted by Crippen LogP contribution is -2.47. The highest BCUT2D eigenvalue weighted by Gasteiger charge is 2.27. The summed E-state index contributed by atoms with van der Waals surface area (Å²) in [5.74, 6) is -0.561. The number of allylic oxidation sites excluding steroid dienone is 9. The zero-order valence-corrected chi connectivity index (χ0v) is 46.7. The number of phosphoric acid groups is 1. The molecule has 0 aliphatic rings. The lowest BCUT2D eigenvalue weighted by atomic mass is 10.1. The van der Waals surface area contributed by atoms with Crippen molar-refractivity contribution < 1.29 is 37.3 Å². The van der Waals surface area contributed by atoms with Gasteiger partial charge in [-0.2, -0.15) is 0 Å². The molecule has 0 aromatic rings. The summed E-state index contributed by atoms with van der Waals surface area (Å²) in [5.41, 5.74) is 0. The molecule has 0 aromatic carbocycles. The van der Waals surface area contributed by atoms with Crippen molar-refractivity contribution in [2.24, 2.45) is 0 Å². The topological polar surface area (TPSA) is 114 Å². The summed E-state index contributed by atoms with van der Waals surface area (Å²) in [5, 5.41) is 3.00. The van der Waals surface area contributed by atoms with Crippen molar-refractivity contribution in [3.8, 4) is 0 Å². The predicted molar refractivity (Wildman–Crippen MR) is 293 cm³/mol. The molecule has 9 nitrogen and oxygen atoms in total. The first-order valence-electron chi connectivity index (χ1n) is 28.6. The van der Waals surface area contributed by atoms with Gasteiger partial charge < -0.3 is 28.5 Å². The average molecular weight is 990 g/mol. The second-order valence-electron chi connectivity index (χ2n) is 20.4. The van der Waals surface area contributed by atoms with Crippen LogP contribution in [0.4, 0.5) is 0 Å². The van der Waals surface area contributed by atoms with Crippen LogP contribution in [0.5, 0.6) is 0 Å². The van der Waals surface area contributed by atoms with Gasteiger partial charge >= 0.3 is 5.97 Å². The third-order valence-electron chi connectivity index (χ3n) is 12.4. The van der Waals surface area contributed by atoms with Crippen molar-refractivity contribution in [2.45, 2.75) is 264 Å². The average Bonchev–Trinajstić information content (AvgIpc) is 3.31. The molecule has 0 saturated heterocycles. The van der Waals surface area contributed by atoms with Gasteiger partial charge in [-0.3, -0.25) is 14.2 Å². The molecule has 402 valence electrons. The molecule has 0 aliphatic carbocycles. The molecule has 3 atom stereocenters. The normalized spacial score (nSPS) is 14.2. The Hall–Kier alpha value is -2.29. The molecule has 1 N–H and O–H groups in total. The molecular weight excluding hydrogens is 880 g/mol. The van der Waals surface area contributed by atoms with E-state index in [1.54, 1.807) is 0 Å². The molecule has 0 aliphatic heterocycles. The molecule has 0 rings (SSSR count). The fourth-order valence-corrected chi connectivity index (χ4v) is 8.64. The number of phosphoric ester groups is 1. The monoisotopic (exact) mass is 989 g/mol. The van der Waals surface area contributed by atoms with Gasteiger partial charge in [-0.15, -0.1) is 0 Å². The highest BCUT2D eigenvalue weighted by atomic mass is 31.2. The fraction of sp³-hybridized carbons (Fsp3) is 0.797. The van der Waals surface area contributed by atoms with Gasteiger partial charge in [-0.05, 0) is 89.5 Å². The van der Waals surface area contributed by atoms with Crippen LogP contribution < -0.4 is 10.2 Å². The number of quaternary nitrogens is 1. The van der Waals surface area contributed by atoms with E-state index in [1.807, 2.05) is 33.3 Å². The Morgan fingerprint density at radius 3 is 1.41 bits per heavy atom. The Kier molecular flexibility index (Phi) is 47.7. The standard InChI is InChI=1S/C59H109N2O7P/c1-7-10-13-16-19-22-25-26-27-28-29-30-31-32-33-34-37-40-43-46-49-52-59(63)68-57(50-47-44-41-38-35-23-20-17-14-11-8-2)56(55-67-69(64,65)66-54-53-61(4,5)6)60-58(62)51-48-45-42-39-36-24-21-18-15-12-9-3/h18-19,21-22,26-27,29-30,47,50,56-57H,7-17,20,23-25,28,31-46,48-49,51-55H2,1-6H3,(H-,60,62,64,65)/b21-18-,22-19-,27-26-,30-29-,50-47-. The van der Waals surface area contributed by atoms with E-state index in [1.165, 1.54) is 109 Å². The van der Waals surface area contributed by atoms with Gasteiger partial charge in [-0.1, -0.05) is 210 Å². The molecule has 1 amide bonds. The molecule has 0 fully saturated rings. The molecule has 10 heteroatoms. The van der Waals surface area contributed by atoms with Crippen molar-refractivity contribution in [3.63, 3.8) is 0 Å². The first-order valence-corrected chi connectivity index (χ1v) is 30.1. The van der Waals surface area contributed by atoms with Gasteiger partial charge in [0.2, 0.25) is 5.91 Å². The second-order valence-corrected chi connectivity index (χ2v) is 21.8. The zero-order chi connectivity index (χ0) is 50.8. The number of nitrogens with one attached hydrogen (secondary N) is 1. The van der Waals surface area contributed by atoms with Gasteiger partial charge in [0.25, 0.3) is 7.82 Å². The summed E-state index contributed by atoms with van der Waals surface area (Å²) >= 11 is 0. The number of ether oxygens (including phenoxy) is 1. The minimum Gasteiger partial charge on any atom is -0.756 e. The zero-order valence-electron chi connectivity index (χ0n) is 45.8. The van der Waals surface area contributed by atoms with Crippen LogP contribution in [0.1, 0.15) is 252 Å². The lowest BCUT2D eigenvalue weighted by molar-refractivity contribution is -0.870. The van der Waals surface area contributed by atoms with E-state index >= 15 is 0 Å². The molecule has 0 bridgehead atoms. The van der Waals surface area contributed by atoms with Crippen molar-refractivity contribution in [2.75, 3.05) is 40.9 Å². The Balaban J connectivity index is 5.24. The number of hydrogen-bond acceptors (Lipinski definition) is 7. The molecule has 0 saturated carbocycles. The number of carbonyl (C=O) groups excluding carboxylic acids is 2. The summed E-state index contributed by atoms with van der Waals surface area (Å²) in [7, 11) is 1.17. The maximum Gasteiger partial charge on any atom is 0.306 e. The highest BCUT2D eigenvalue weighted by molar-refractivity contribution is 7.45. The molecule has 3 unspecified atom stereocenters. The molecule has 0 radical (unpaired) electrons. The highest BCUT2D eigenvalue weighted by Crippen LogP contribution is 2.38. The minimum absolute atomic E-state index is 0.0264. The van der Waals surface area contributed by atoms with Crippen LogP contribution in [-0.4, -0.2) is 69.4 Å². The summed E-state index contributed by atoms with van der Waals surface area (Å²) in [6.07, 6.45) is 60.4. The number of hydrogen-bond donors (Lipinski definition) is 1. The van der Waals surface area contributed by atoms with Gasteiger partial charge in [-0.25, -0.2) is 0 Å². The van der Waals surface area contributed by atoms with Crippen LogP contribution in [-0.2, 0) is 27.9 Å². The maximum atomic E-state index is 13.4. The summed E-state index contributed by atoms with van der Waals surface area (Å²) < 4.78 is 30.2. The Morgan fingerprint density at radius 1 is 0.507 bits per heavy atom. The van der Waals surface area contributed by atoms with Crippen LogP contribution in [0.25, 0.3) is 0 Å². The lowest BCUT2D eigenvalue weighted by Gasteiger charge is -2.30. The van der Waals surface area contributed by atoms with Crippen molar-refractivity contribution in [3.05, 3.63) is 60.8 Å². The quantitative estimate of drug-likeness (QED) is 0.0212. The van der Waals surface area contributed by atoms with Crippen molar-refractivity contribution >= 4 is 19.7 Å². The Bertz CT molecular complexity index is 1370. The van der Waals surface area contributed by atoms with Crippen molar-refractivity contribution in [1.29, 1.82) is 0 Å². The summed E-state index contributed by atoms with van der Waals surface area (Å²) in [6.45, 7) is 6.75. The number of amides is 1. The Morgan fingerprint density at radius 2 is 0.899 bits per heavy atom. The number of likely N-dealkylation sites (N-methyl/N-ethyl adjacent to an activating group) is 1. The maximum absolute atomic E-state index is 13.4. The van der Waals surface area contributed by atoms with E-state index in [0.717, 1.165) is 109 Å². The number of rotatable bonds is 51. The van der Waals surface area contributed by atoms with Crippen LogP contribution in [0.2, 0.25) is 0 Å². The summed E-state index contributed by atoms with van der Waals surface area (Å²) in [4.78, 5) is 39.7. The fourth-order valence-electron chi connectivity index (χ4n) is 7.92. The number of carbonyl (C=O) groups is 2. The van der Waals surface area contributed by atoms with Gasteiger partial charge in [0.1, 0.15) is 19.3 Å². The first-order chi connectivity index (χ1) is 33.4. The second kappa shape index (κ2) is 49.3. The summed E-state index contributed by atoms with van der Waals surface area (Å²) in [6, 6.07) is -0.894. The van der Waals surface area contributed by atoms with E-state index < -0.39 is 26.6 Å². The van der Waals surface area contributed by atoms with Crippen LogP contribution in [0, 0.1) is 0 Å². The molecule has 0 spiro atoms. The van der Waals surface area contributed by atoms with Gasteiger partial charge in [0.05, 0.1) is 33.8 Å². The number of nitrogens with zero attached hydrogens (tertiary/aromatic N) is 1. The third kappa shape index (κ3) is 50.4. The third-order valence-corrected chi connectivity index (χ3v) is 13.4. The predicted octanol–water partition coefficient (Wildman–Crippen LogP) is 16.5. The molecular formula is C59H109N2O7P. The van der Waals surface area contributed by atoms with E-state index in [-0.39, 0.29) is 24.9 Å². The van der Waals surface area contributed by atoms with Crippen LogP contribution in [0.3, 0.4) is 0 Å². The van der Waals surface area contributed by atoms with Gasteiger partial charge in [0.15, 0.2) is 0 Å². The molecule has 0 aromatic heterocycles. The van der Waals surface area contributed by atoms with Gasteiger partial charge in [0, 0.05) is 12.8 Å². The molecule has 69 heavy (non-hydrogen) atoms. The van der Waals surface area contributed by atoms with E-state index in [4.69, 9.17) is 13.8 Å². The molecule has 0 heterocycles. The van der Waals surface area contributed by atoms with E-state index in [9.17, 15) is 19.0 Å². The van der Waals surface area contributed by atoms with E-state index in [0.29, 0.717) is 17.4 Å². The van der Waals surface area contributed by atoms with Crippen LogP contribution in [0.15, 0.2) is 60.8 Å². The number of esters is 1. The largest absolute Gasteiger partial charge is 0.756 e. The first kappa shape index (κ1) is 66.7. The van der Waals surface area contributed by atoms with Crippen LogP contribution >= 0.6 is 7.82 Å². The smallest absolute Gasteiger partial charge is 0.306 e. The minimum atomic E-state index is -4.69. The number of unbranched alkanes of at least 4 members (excludes halogenated alkanes) is 27. The Labute approximate surface area is 426 Å².